The number of hydrogen-bond donors (Lipinski definition) is 2. The highest BCUT2D eigenvalue weighted by atomic mass is 32.1. The topological polar surface area (TPSA) is 75.8 Å². The summed E-state index contributed by atoms with van der Waals surface area (Å²) in [6, 6.07) is 7.22. The van der Waals surface area contributed by atoms with Gasteiger partial charge in [0.15, 0.2) is 11.5 Å². The molecule has 5 nitrogen and oxygen atoms in total. The minimum atomic E-state index is -0.548. The van der Waals surface area contributed by atoms with Crippen molar-refractivity contribution in [2.24, 2.45) is 5.73 Å². The Kier molecular flexibility index (Phi) is 4.28. The third kappa shape index (κ3) is 3.18. The Hall–Kier alpha value is -2.05. The zero-order valence-electron chi connectivity index (χ0n) is 13.2. The fourth-order valence-electron chi connectivity index (χ4n) is 2.71. The number of carbonyl (C=O) groups is 1. The molecule has 6 heteroatoms. The number of ether oxygens (including phenoxy) is 1. The number of nitrogens with zero attached hydrogens (tertiary/aromatic N) is 1. The van der Waals surface area contributed by atoms with Crippen LogP contribution in [0.1, 0.15) is 17.4 Å². The summed E-state index contributed by atoms with van der Waals surface area (Å²) in [4.78, 5) is 16.2. The van der Waals surface area contributed by atoms with Crippen LogP contribution in [-0.2, 0) is 11.3 Å². The summed E-state index contributed by atoms with van der Waals surface area (Å²) in [6.07, 6.45) is 0. The Morgan fingerprint density at radius 1 is 1.43 bits per heavy atom. The second kappa shape index (κ2) is 6.22. The molecule has 23 heavy (non-hydrogen) atoms. The minimum absolute atomic E-state index is 0.110. The van der Waals surface area contributed by atoms with Crippen LogP contribution < -0.4 is 10.5 Å². The van der Waals surface area contributed by atoms with Gasteiger partial charge in [0.05, 0.1) is 12.6 Å². The number of phenols is 1. The predicted molar refractivity (Wildman–Crippen MR) is 90.7 cm³/mol. The maximum Gasteiger partial charge on any atom is 0.239 e. The van der Waals surface area contributed by atoms with Gasteiger partial charge in [-0.25, -0.2) is 0 Å². The molecule has 0 saturated heterocycles. The molecule has 2 heterocycles. The van der Waals surface area contributed by atoms with Crippen molar-refractivity contribution in [3.05, 3.63) is 34.7 Å². The van der Waals surface area contributed by atoms with Gasteiger partial charge in [-0.2, -0.15) is 0 Å². The number of amides is 1. The molecule has 0 aliphatic carbocycles. The highest BCUT2D eigenvalue weighted by Crippen LogP contribution is 2.39. The quantitative estimate of drug-likeness (QED) is 0.886. The average Bonchev–Trinajstić information content (AvgIpc) is 2.81. The normalized spacial score (nSPS) is 15.5. The summed E-state index contributed by atoms with van der Waals surface area (Å²) in [5, 5.41) is 10.3. The monoisotopic (exact) mass is 332 g/mol. The Bertz CT molecular complexity index is 739. The van der Waals surface area contributed by atoms with Gasteiger partial charge >= 0.3 is 0 Å². The zero-order chi connectivity index (χ0) is 16.6. The molecule has 1 aromatic carbocycles. The van der Waals surface area contributed by atoms with Crippen LogP contribution in [0.4, 0.5) is 0 Å². The van der Waals surface area contributed by atoms with Crippen molar-refractivity contribution < 1.29 is 14.6 Å². The molecule has 0 unspecified atom stereocenters. The number of benzene rings is 1. The molecule has 1 aliphatic heterocycles. The molecular formula is C17H20N2O3S. The van der Waals surface area contributed by atoms with Gasteiger partial charge in [0.25, 0.3) is 0 Å². The number of aromatic hydroxyl groups is 1. The van der Waals surface area contributed by atoms with E-state index in [1.807, 2.05) is 25.1 Å². The third-order valence-corrected chi connectivity index (χ3v) is 4.89. The molecule has 1 atom stereocenters. The largest absolute Gasteiger partial charge is 0.504 e. The van der Waals surface area contributed by atoms with Gasteiger partial charge in [-0.05, 0) is 43.7 Å². The van der Waals surface area contributed by atoms with E-state index in [2.05, 4.69) is 0 Å². The second-order valence-corrected chi connectivity index (χ2v) is 7.08. The van der Waals surface area contributed by atoms with E-state index < -0.39 is 6.04 Å². The fourth-order valence-corrected chi connectivity index (χ4v) is 3.56. The fraction of sp³-hybridized carbons (Fsp3) is 0.353. The number of nitrogens with two attached hydrogens (primary N) is 1. The number of rotatable bonds is 2. The molecule has 0 spiro atoms. The van der Waals surface area contributed by atoms with Crippen LogP contribution in [-0.4, -0.2) is 35.1 Å². The Morgan fingerprint density at radius 2 is 2.22 bits per heavy atom. The summed E-state index contributed by atoms with van der Waals surface area (Å²) in [7, 11) is 0. The van der Waals surface area contributed by atoms with Crippen molar-refractivity contribution >= 4 is 17.2 Å². The van der Waals surface area contributed by atoms with Crippen LogP contribution >= 0.6 is 11.3 Å². The number of carbonyl (C=O) groups excluding carboxylic acids is 1. The third-order valence-electron chi connectivity index (χ3n) is 3.84. The lowest BCUT2D eigenvalue weighted by Gasteiger charge is -2.21. The van der Waals surface area contributed by atoms with Crippen LogP contribution in [0.15, 0.2) is 24.3 Å². The number of thiophene rings is 1. The van der Waals surface area contributed by atoms with Crippen molar-refractivity contribution in [1.82, 2.24) is 4.90 Å². The van der Waals surface area contributed by atoms with E-state index >= 15 is 0 Å². The predicted octanol–water partition coefficient (Wildman–Crippen LogP) is 2.50. The lowest BCUT2D eigenvalue weighted by atomic mass is 10.1. The molecular weight excluding hydrogens is 312 g/mol. The van der Waals surface area contributed by atoms with Crippen LogP contribution in [0.25, 0.3) is 10.4 Å². The first-order valence-corrected chi connectivity index (χ1v) is 8.37. The van der Waals surface area contributed by atoms with E-state index in [-0.39, 0.29) is 11.7 Å². The van der Waals surface area contributed by atoms with Gasteiger partial charge in [0.2, 0.25) is 5.91 Å². The molecule has 122 valence electrons. The van der Waals surface area contributed by atoms with Crippen LogP contribution in [0.2, 0.25) is 0 Å². The molecule has 0 saturated carbocycles. The first kappa shape index (κ1) is 15.8. The van der Waals surface area contributed by atoms with Gasteiger partial charge in [0.1, 0.15) is 6.61 Å². The van der Waals surface area contributed by atoms with Crippen molar-refractivity contribution in [2.75, 3.05) is 13.2 Å². The summed E-state index contributed by atoms with van der Waals surface area (Å²) in [5.41, 5.74) is 7.44. The van der Waals surface area contributed by atoms with Gasteiger partial charge in [0, 0.05) is 21.9 Å². The average molecular weight is 332 g/mol. The van der Waals surface area contributed by atoms with Crippen molar-refractivity contribution in [3.8, 4) is 21.9 Å². The van der Waals surface area contributed by atoms with E-state index in [9.17, 15) is 9.90 Å². The lowest BCUT2D eigenvalue weighted by Crippen LogP contribution is -2.42. The molecule has 1 aliphatic rings. The maximum atomic E-state index is 12.2. The van der Waals surface area contributed by atoms with Gasteiger partial charge in [-0.3, -0.25) is 4.79 Å². The number of aryl methyl sites for hydroxylation is 1. The Balaban J connectivity index is 1.99. The number of fused-ring (bicyclic) bond motifs is 1. The number of hydrogen-bond acceptors (Lipinski definition) is 5. The number of phenolic OH excluding ortho intramolecular Hbond substituents is 1. The van der Waals surface area contributed by atoms with Crippen LogP contribution in [0, 0.1) is 6.92 Å². The zero-order valence-corrected chi connectivity index (χ0v) is 14.0. The first-order valence-electron chi connectivity index (χ1n) is 7.55. The van der Waals surface area contributed by atoms with Crippen molar-refractivity contribution in [3.63, 3.8) is 0 Å². The molecule has 0 fully saturated rings. The van der Waals surface area contributed by atoms with E-state index in [1.165, 1.54) is 4.88 Å². The highest BCUT2D eigenvalue weighted by Gasteiger charge is 2.24. The van der Waals surface area contributed by atoms with Gasteiger partial charge in [-0.15, -0.1) is 11.3 Å². The van der Waals surface area contributed by atoms with E-state index in [1.54, 1.807) is 29.2 Å². The summed E-state index contributed by atoms with van der Waals surface area (Å²) in [5.74, 6) is 0.457. The van der Waals surface area contributed by atoms with Crippen molar-refractivity contribution in [1.29, 1.82) is 0 Å². The molecule has 3 rings (SSSR count). The standard InChI is InChI=1S/C17H20N2O3S/c1-10-3-4-15(23-10)12-7-13-9-19(17(21)11(2)18)5-6-22-16(13)14(20)8-12/h3-4,7-8,11,20H,5-6,9,18H2,1-2H3/t11-/m0/s1. The Labute approximate surface area is 139 Å². The minimum Gasteiger partial charge on any atom is -0.504 e. The summed E-state index contributed by atoms with van der Waals surface area (Å²) < 4.78 is 5.65. The molecule has 2 aromatic rings. The van der Waals surface area contributed by atoms with Crippen molar-refractivity contribution in [2.45, 2.75) is 26.4 Å². The molecule has 0 bridgehead atoms. The van der Waals surface area contributed by atoms with Gasteiger partial charge in [-0.1, -0.05) is 0 Å². The highest BCUT2D eigenvalue weighted by molar-refractivity contribution is 7.15. The maximum absolute atomic E-state index is 12.2. The van der Waals surface area contributed by atoms with E-state index in [0.717, 1.165) is 16.0 Å². The van der Waals surface area contributed by atoms with Gasteiger partial charge < -0.3 is 20.5 Å². The smallest absolute Gasteiger partial charge is 0.239 e. The SMILES string of the molecule is Cc1ccc(-c2cc(O)c3c(c2)CN(C(=O)[C@H](C)N)CCO3)s1. The molecule has 3 N–H and O–H groups in total. The van der Waals surface area contributed by atoms with E-state index in [4.69, 9.17) is 10.5 Å². The lowest BCUT2D eigenvalue weighted by molar-refractivity contribution is -0.132. The molecule has 1 aromatic heterocycles. The van der Waals surface area contributed by atoms with Crippen LogP contribution in [0.3, 0.4) is 0 Å². The van der Waals surface area contributed by atoms with E-state index in [0.29, 0.717) is 25.4 Å². The second-order valence-electron chi connectivity index (χ2n) is 5.79. The molecule has 0 radical (unpaired) electrons. The van der Waals surface area contributed by atoms with Crippen LogP contribution in [0.5, 0.6) is 11.5 Å². The summed E-state index contributed by atoms with van der Waals surface area (Å²) in [6.45, 7) is 4.92. The summed E-state index contributed by atoms with van der Waals surface area (Å²) >= 11 is 1.66. The Morgan fingerprint density at radius 3 is 2.87 bits per heavy atom. The molecule has 1 amide bonds. The first-order chi connectivity index (χ1) is 11.0.